The maximum atomic E-state index is 13.7. The van der Waals surface area contributed by atoms with Gasteiger partial charge in [0.15, 0.2) is 22.3 Å². The van der Waals surface area contributed by atoms with Crippen molar-refractivity contribution in [3.8, 4) is 0 Å². The number of halogens is 4. The van der Waals surface area contributed by atoms with Gasteiger partial charge in [-0.2, -0.15) is 9.97 Å². The Morgan fingerprint density at radius 1 is 0.613 bits per heavy atom. The summed E-state index contributed by atoms with van der Waals surface area (Å²) < 4.78 is 19.9. The van der Waals surface area contributed by atoms with Crippen LogP contribution in [0.2, 0.25) is 20.1 Å². The average Bonchev–Trinajstić information content (AvgIpc) is 3.74. The van der Waals surface area contributed by atoms with E-state index in [0.717, 1.165) is 34.8 Å². The van der Waals surface area contributed by atoms with E-state index in [1.54, 1.807) is 73.7 Å². The summed E-state index contributed by atoms with van der Waals surface area (Å²) in [5, 5.41) is 8.20. The first kappa shape index (κ1) is 43.4. The monoisotopic (exact) mass is 928 g/mol. The molecule has 4 aromatic heterocycles. The van der Waals surface area contributed by atoms with Crippen LogP contribution in [0, 0.1) is 0 Å². The molecule has 4 heterocycles. The van der Waals surface area contributed by atoms with Crippen molar-refractivity contribution in [3.05, 3.63) is 109 Å². The Kier molecular flexibility index (Phi) is 12.3. The minimum atomic E-state index is -0.748. The van der Waals surface area contributed by atoms with Crippen LogP contribution in [-0.4, -0.2) is 67.8 Å². The number of fused-ring (bicyclic) bond motifs is 2. The van der Waals surface area contributed by atoms with Crippen LogP contribution in [0.25, 0.3) is 22.3 Å². The number of nitrogens with one attached hydrogen (secondary N) is 2. The molecule has 0 saturated heterocycles. The molecule has 4 atom stereocenters. The van der Waals surface area contributed by atoms with Gasteiger partial charge in [0.05, 0.1) is 33.2 Å². The van der Waals surface area contributed by atoms with Gasteiger partial charge in [-0.1, -0.05) is 58.5 Å². The first-order valence-electron chi connectivity index (χ1n) is 20.2. The summed E-state index contributed by atoms with van der Waals surface area (Å²) in [6, 6.07) is 9.63. The van der Waals surface area contributed by atoms with Crippen molar-refractivity contribution in [2.45, 2.75) is 88.7 Å². The molecule has 328 valence electrons. The van der Waals surface area contributed by atoms with Crippen molar-refractivity contribution in [3.63, 3.8) is 0 Å². The quantitative estimate of drug-likeness (QED) is 0.150. The van der Waals surface area contributed by atoms with Gasteiger partial charge < -0.3 is 29.2 Å². The van der Waals surface area contributed by atoms with E-state index in [-0.39, 0.29) is 47.5 Å². The molecule has 6 aromatic rings. The summed E-state index contributed by atoms with van der Waals surface area (Å²) in [7, 11) is 6.56. The minimum Gasteiger partial charge on any atom is -0.431 e. The second-order valence-electron chi connectivity index (χ2n) is 16.0. The van der Waals surface area contributed by atoms with Crippen LogP contribution in [0.3, 0.4) is 0 Å². The number of carbonyl (C=O) groups is 1. The fourth-order valence-corrected chi connectivity index (χ4v) is 9.14. The number of rotatable bonds is 10. The third kappa shape index (κ3) is 8.47. The normalized spacial score (nSPS) is 19.2. The summed E-state index contributed by atoms with van der Waals surface area (Å²) in [5.41, 5.74) is 0.242. The third-order valence-electron chi connectivity index (χ3n) is 11.8. The predicted octanol–water partition coefficient (Wildman–Crippen LogP) is 6.19. The van der Waals surface area contributed by atoms with Crippen LogP contribution >= 0.6 is 46.4 Å². The summed E-state index contributed by atoms with van der Waals surface area (Å²) in [5.74, 6) is 0.815. The van der Waals surface area contributed by atoms with Gasteiger partial charge in [0, 0.05) is 53.1 Å². The van der Waals surface area contributed by atoms with Gasteiger partial charge in [-0.15, -0.1) is 0 Å². The van der Waals surface area contributed by atoms with Crippen molar-refractivity contribution in [2.75, 3.05) is 10.6 Å². The molecule has 8 rings (SSSR count). The van der Waals surface area contributed by atoms with E-state index in [0.29, 0.717) is 68.8 Å². The molecule has 2 N–H and O–H groups in total. The number of benzene rings is 2. The SMILES string of the molecule is Cn1c(N[C@H]2CCC[C@@H](OC(=O)O[C@@H]3CCC[C@H](Nc4nc5c(c(=O)n(Cc6ccc(Cl)c(Cl)c6)c(=O)n5C)n4C)C3)C2)nc2c1c(=O)n(Cc1ccc(Cl)c(Cl)c1)c(=O)n2C. The van der Waals surface area contributed by atoms with Crippen LogP contribution in [0.1, 0.15) is 62.5 Å². The molecular formula is C41H44Cl4N10O7. The average molecular weight is 931 g/mol. The van der Waals surface area contributed by atoms with Crippen molar-refractivity contribution in [1.82, 2.24) is 37.4 Å². The van der Waals surface area contributed by atoms with Crippen LogP contribution in [-0.2, 0) is 50.8 Å². The van der Waals surface area contributed by atoms with E-state index in [9.17, 15) is 24.0 Å². The summed E-state index contributed by atoms with van der Waals surface area (Å²) >= 11 is 24.5. The third-order valence-corrected chi connectivity index (χ3v) is 13.3. The fraction of sp³-hybridized carbons (Fsp3) is 0.439. The Labute approximate surface area is 373 Å². The highest BCUT2D eigenvalue weighted by molar-refractivity contribution is 6.42. The number of imidazole rings is 2. The lowest BCUT2D eigenvalue weighted by molar-refractivity contribution is -0.0209. The van der Waals surface area contributed by atoms with Gasteiger partial charge in [-0.3, -0.25) is 27.9 Å². The predicted molar refractivity (Wildman–Crippen MR) is 238 cm³/mol. The molecule has 0 spiro atoms. The van der Waals surface area contributed by atoms with E-state index < -0.39 is 40.9 Å². The van der Waals surface area contributed by atoms with E-state index in [1.165, 1.54) is 9.13 Å². The molecule has 0 bridgehead atoms. The molecule has 21 heteroatoms. The Morgan fingerprint density at radius 2 is 1.02 bits per heavy atom. The first-order chi connectivity index (χ1) is 29.6. The van der Waals surface area contributed by atoms with Crippen LogP contribution in [0.15, 0.2) is 55.6 Å². The Balaban J connectivity index is 0.895. The molecular weight excluding hydrogens is 886 g/mol. The van der Waals surface area contributed by atoms with Gasteiger partial charge >= 0.3 is 17.5 Å². The van der Waals surface area contributed by atoms with E-state index in [1.807, 2.05) is 0 Å². The first-order valence-corrected chi connectivity index (χ1v) is 21.7. The van der Waals surface area contributed by atoms with Crippen molar-refractivity contribution in [2.24, 2.45) is 28.2 Å². The summed E-state index contributed by atoms with van der Waals surface area (Å²) in [6.07, 6.45) is 3.79. The molecule has 17 nitrogen and oxygen atoms in total. The zero-order valence-corrected chi connectivity index (χ0v) is 37.3. The van der Waals surface area contributed by atoms with Gasteiger partial charge in [0.1, 0.15) is 12.2 Å². The zero-order chi connectivity index (χ0) is 44.1. The summed E-state index contributed by atoms with van der Waals surface area (Å²) in [6.45, 7) is -0.000281. The lowest BCUT2D eigenvalue weighted by atomic mass is 9.93. The molecule has 0 unspecified atom stereocenters. The standard InChI is InChI=1S/C41H44Cl4N10O7/c1-50-31-33(52(3)39(58)54(35(31)56)19-21-11-13-27(42)29(44)15-21)48-37(50)46-23-7-5-9-25(17-23)61-41(60)62-26-10-6-8-24(18-26)47-38-49-34-32(51(38)2)36(57)55(40(59)53(34)4)20-22-12-14-28(43)30(45)16-22/h11-16,23-26H,5-10,17-20H2,1-4H3,(H,46,48)(H,47,49)/t23-,24-,25+,26+/m0/s1. The minimum absolute atomic E-state index is 0.000140. The molecule has 2 saturated carbocycles. The van der Waals surface area contributed by atoms with E-state index >= 15 is 0 Å². The highest BCUT2D eigenvalue weighted by atomic mass is 35.5. The molecule has 2 fully saturated rings. The fourth-order valence-electron chi connectivity index (χ4n) is 8.50. The molecule has 0 aliphatic heterocycles. The van der Waals surface area contributed by atoms with Crippen LogP contribution in [0.4, 0.5) is 16.7 Å². The molecule has 2 aliphatic carbocycles. The number of nitrogens with zero attached hydrogens (tertiary/aromatic N) is 8. The van der Waals surface area contributed by atoms with Gasteiger partial charge in [0.25, 0.3) is 11.1 Å². The lowest BCUT2D eigenvalue weighted by Gasteiger charge is -2.32. The highest BCUT2D eigenvalue weighted by Crippen LogP contribution is 2.29. The maximum Gasteiger partial charge on any atom is 0.508 e. The summed E-state index contributed by atoms with van der Waals surface area (Å²) in [4.78, 5) is 76.5. The number of carbonyl (C=O) groups excluding carboxylic acids is 1. The zero-order valence-electron chi connectivity index (χ0n) is 34.3. The number of hydrogen-bond donors (Lipinski definition) is 2. The lowest BCUT2D eigenvalue weighted by Crippen LogP contribution is -2.39. The van der Waals surface area contributed by atoms with Crippen molar-refractivity contribution >= 4 is 86.8 Å². The largest absolute Gasteiger partial charge is 0.508 e. The second-order valence-corrected chi connectivity index (χ2v) is 17.7. The molecule has 2 aromatic carbocycles. The van der Waals surface area contributed by atoms with Crippen LogP contribution < -0.4 is 33.1 Å². The Bertz CT molecular complexity index is 2790. The number of anilines is 2. The Morgan fingerprint density at radius 3 is 1.40 bits per heavy atom. The van der Waals surface area contributed by atoms with Crippen molar-refractivity contribution in [1.29, 1.82) is 0 Å². The van der Waals surface area contributed by atoms with E-state index in [4.69, 9.17) is 55.9 Å². The number of aromatic nitrogens is 8. The van der Waals surface area contributed by atoms with Crippen molar-refractivity contribution < 1.29 is 14.3 Å². The van der Waals surface area contributed by atoms with Gasteiger partial charge in [-0.05, 0) is 73.9 Å². The number of hydrogen-bond acceptors (Lipinski definition) is 11. The molecule has 0 radical (unpaired) electrons. The molecule has 62 heavy (non-hydrogen) atoms. The molecule has 2 aliphatic rings. The highest BCUT2D eigenvalue weighted by Gasteiger charge is 2.31. The van der Waals surface area contributed by atoms with Gasteiger partial charge in [-0.25, -0.2) is 14.4 Å². The second kappa shape index (κ2) is 17.5. The van der Waals surface area contributed by atoms with Gasteiger partial charge in [0.2, 0.25) is 11.9 Å². The topological polar surface area (TPSA) is 183 Å². The number of ether oxygens (including phenoxy) is 2. The maximum absolute atomic E-state index is 13.7. The smallest absolute Gasteiger partial charge is 0.431 e. The van der Waals surface area contributed by atoms with Crippen LogP contribution in [0.5, 0.6) is 0 Å². The van der Waals surface area contributed by atoms with E-state index in [2.05, 4.69) is 20.6 Å². The number of aryl methyl sites for hydroxylation is 4. The Hall–Kier alpha value is -5.23. The molecule has 0 amide bonds.